The van der Waals surface area contributed by atoms with Crippen LogP contribution in [0.15, 0.2) is 59.5 Å². The molecule has 132 valence electrons. The largest absolute Gasteiger partial charge is 0.352 e. The lowest BCUT2D eigenvalue weighted by Crippen LogP contribution is -2.23. The average molecular weight is 362 g/mol. The first kappa shape index (κ1) is 18.8. The van der Waals surface area contributed by atoms with Crippen molar-refractivity contribution in [3.8, 4) is 0 Å². The standard InChI is InChI=1S/C18H19FN2O3S/c1-20-25(23,24)17-8-5-14(6-9-17)7-10-18(22)21-12-11-15-3-2-4-16(19)13-15/h2-10,13,20H,11-12H2,1H3,(H,21,22)/b10-7+. The van der Waals surface area contributed by atoms with E-state index in [0.717, 1.165) is 5.56 Å². The van der Waals surface area contributed by atoms with Crippen LogP contribution >= 0.6 is 0 Å². The molecule has 2 aromatic rings. The Morgan fingerprint density at radius 1 is 1.16 bits per heavy atom. The first-order valence-electron chi connectivity index (χ1n) is 7.65. The lowest BCUT2D eigenvalue weighted by atomic mass is 10.1. The molecule has 2 aromatic carbocycles. The van der Waals surface area contributed by atoms with E-state index in [0.29, 0.717) is 18.5 Å². The number of hydrogen-bond donors (Lipinski definition) is 2. The van der Waals surface area contributed by atoms with E-state index in [1.807, 2.05) is 0 Å². The van der Waals surface area contributed by atoms with Crippen LogP contribution in [0.25, 0.3) is 6.08 Å². The molecule has 5 nitrogen and oxygen atoms in total. The number of nitrogens with one attached hydrogen (secondary N) is 2. The highest BCUT2D eigenvalue weighted by Gasteiger charge is 2.09. The number of rotatable bonds is 7. The van der Waals surface area contributed by atoms with Crippen molar-refractivity contribution in [1.29, 1.82) is 0 Å². The summed E-state index contributed by atoms with van der Waals surface area (Å²) < 4.78 is 38.5. The van der Waals surface area contributed by atoms with Crippen molar-refractivity contribution in [3.05, 3.63) is 71.6 Å². The Balaban J connectivity index is 1.85. The highest BCUT2D eigenvalue weighted by Crippen LogP contribution is 2.11. The first-order chi connectivity index (χ1) is 11.9. The van der Waals surface area contributed by atoms with E-state index in [-0.39, 0.29) is 16.6 Å². The van der Waals surface area contributed by atoms with Gasteiger partial charge in [0.1, 0.15) is 5.82 Å². The van der Waals surface area contributed by atoms with Crippen LogP contribution in [0.5, 0.6) is 0 Å². The Morgan fingerprint density at radius 2 is 1.88 bits per heavy atom. The fourth-order valence-electron chi connectivity index (χ4n) is 2.13. The minimum Gasteiger partial charge on any atom is -0.352 e. The lowest BCUT2D eigenvalue weighted by Gasteiger charge is -2.03. The third-order valence-electron chi connectivity index (χ3n) is 3.49. The van der Waals surface area contributed by atoms with Crippen LogP contribution in [0, 0.1) is 5.82 Å². The van der Waals surface area contributed by atoms with Crippen LogP contribution in [-0.2, 0) is 21.2 Å². The van der Waals surface area contributed by atoms with Crippen molar-refractivity contribution >= 4 is 22.0 Å². The predicted molar refractivity (Wildman–Crippen MR) is 94.8 cm³/mol. The topological polar surface area (TPSA) is 75.3 Å². The molecular weight excluding hydrogens is 343 g/mol. The Labute approximate surface area is 146 Å². The molecule has 1 amide bonds. The summed E-state index contributed by atoms with van der Waals surface area (Å²) >= 11 is 0. The van der Waals surface area contributed by atoms with E-state index in [1.54, 1.807) is 30.3 Å². The van der Waals surface area contributed by atoms with Gasteiger partial charge in [0.15, 0.2) is 0 Å². The molecule has 25 heavy (non-hydrogen) atoms. The van der Waals surface area contributed by atoms with Gasteiger partial charge in [0.05, 0.1) is 4.90 Å². The maximum Gasteiger partial charge on any atom is 0.244 e. The third-order valence-corrected chi connectivity index (χ3v) is 4.92. The summed E-state index contributed by atoms with van der Waals surface area (Å²) in [6, 6.07) is 12.4. The normalized spacial score (nSPS) is 11.6. The molecule has 0 aromatic heterocycles. The summed E-state index contributed by atoms with van der Waals surface area (Å²) in [7, 11) is -2.12. The molecule has 0 aliphatic heterocycles. The second-order valence-electron chi connectivity index (χ2n) is 5.28. The number of carbonyl (C=O) groups excluding carboxylic acids is 1. The Kier molecular flexibility index (Phi) is 6.44. The van der Waals surface area contributed by atoms with Crippen LogP contribution in [0.1, 0.15) is 11.1 Å². The van der Waals surface area contributed by atoms with Gasteiger partial charge in [-0.2, -0.15) is 0 Å². The van der Waals surface area contributed by atoms with E-state index in [1.165, 1.54) is 37.4 Å². The number of halogens is 1. The summed E-state index contributed by atoms with van der Waals surface area (Å²) in [6.45, 7) is 0.395. The Hall–Kier alpha value is -2.51. The van der Waals surface area contributed by atoms with Crippen LogP contribution in [0.4, 0.5) is 4.39 Å². The second-order valence-corrected chi connectivity index (χ2v) is 7.17. The molecule has 2 N–H and O–H groups in total. The summed E-state index contributed by atoms with van der Waals surface area (Å²) in [5.74, 6) is -0.573. The van der Waals surface area contributed by atoms with E-state index < -0.39 is 10.0 Å². The van der Waals surface area contributed by atoms with Crippen molar-refractivity contribution in [2.24, 2.45) is 0 Å². The zero-order chi connectivity index (χ0) is 18.3. The van der Waals surface area contributed by atoms with Gasteiger partial charge in [0, 0.05) is 12.6 Å². The molecule has 2 rings (SSSR count). The van der Waals surface area contributed by atoms with Crippen LogP contribution in [-0.4, -0.2) is 27.9 Å². The summed E-state index contributed by atoms with van der Waals surface area (Å²) in [5.41, 5.74) is 1.51. The number of carbonyl (C=O) groups is 1. The van der Waals surface area contributed by atoms with Crippen LogP contribution in [0.2, 0.25) is 0 Å². The maximum absolute atomic E-state index is 13.0. The molecular formula is C18H19FN2O3S. The van der Waals surface area contributed by atoms with Crippen LogP contribution in [0.3, 0.4) is 0 Å². The Bertz CT molecular complexity index is 862. The lowest BCUT2D eigenvalue weighted by molar-refractivity contribution is -0.116. The Morgan fingerprint density at radius 3 is 2.52 bits per heavy atom. The zero-order valence-electron chi connectivity index (χ0n) is 13.7. The molecule has 0 bridgehead atoms. The van der Waals surface area contributed by atoms with Gasteiger partial charge in [-0.25, -0.2) is 17.5 Å². The van der Waals surface area contributed by atoms with E-state index in [4.69, 9.17) is 0 Å². The van der Waals surface area contributed by atoms with Crippen molar-refractivity contribution in [3.63, 3.8) is 0 Å². The van der Waals surface area contributed by atoms with Crippen molar-refractivity contribution in [2.75, 3.05) is 13.6 Å². The monoisotopic (exact) mass is 362 g/mol. The average Bonchev–Trinajstić information content (AvgIpc) is 2.60. The summed E-state index contributed by atoms with van der Waals surface area (Å²) in [5, 5.41) is 2.71. The summed E-state index contributed by atoms with van der Waals surface area (Å²) in [4.78, 5) is 11.9. The highest BCUT2D eigenvalue weighted by atomic mass is 32.2. The summed E-state index contributed by atoms with van der Waals surface area (Å²) in [6.07, 6.45) is 3.49. The van der Waals surface area contributed by atoms with Gasteiger partial charge in [-0.05, 0) is 54.9 Å². The fourth-order valence-corrected chi connectivity index (χ4v) is 2.86. The fraction of sp³-hybridized carbons (Fsp3) is 0.167. The highest BCUT2D eigenvalue weighted by molar-refractivity contribution is 7.89. The minimum atomic E-state index is -3.47. The van der Waals surface area contributed by atoms with Crippen molar-refractivity contribution < 1.29 is 17.6 Å². The quantitative estimate of drug-likeness (QED) is 0.741. The van der Waals surface area contributed by atoms with Gasteiger partial charge in [-0.3, -0.25) is 4.79 Å². The molecule has 0 unspecified atom stereocenters. The molecule has 7 heteroatoms. The number of benzene rings is 2. The minimum absolute atomic E-state index is 0.159. The SMILES string of the molecule is CNS(=O)(=O)c1ccc(/C=C/C(=O)NCCc2cccc(F)c2)cc1. The molecule has 0 saturated carbocycles. The zero-order valence-corrected chi connectivity index (χ0v) is 14.5. The molecule has 0 heterocycles. The second kappa shape index (κ2) is 8.55. The molecule has 0 aliphatic carbocycles. The number of sulfonamides is 1. The van der Waals surface area contributed by atoms with Gasteiger partial charge in [0.25, 0.3) is 0 Å². The van der Waals surface area contributed by atoms with Gasteiger partial charge < -0.3 is 5.32 Å². The third kappa shape index (κ3) is 5.81. The van der Waals surface area contributed by atoms with Gasteiger partial charge in [-0.1, -0.05) is 24.3 Å². The molecule has 0 aliphatic rings. The molecule has 0 spiro atoms. The van der Waals surface area contributed by atoms with E-state index >= 15 is 0 Å². The first-order valence-corrected chi connectivity index (χ1v) is 9.13. The molecule has 0 saturated heterocycles. The van der Waals surface area contributed by atoms with Gasteiger partial charge in [0.2, 0.25) is 15.9 Å². The van der Waals surface area contributed by atoms with E-state index in [9.17, 15) is 17.6 Å². The molecule has 0 atom stereocenters. The van der Waals surface area contributed by atoms with Gasteiger partial charge >= 0.3 is 0 Å². The van der Waals surface area contributed by atoms with Crippen molar-refractivity contribution in [2.45, 2.75) is 11.3 Å². The van der Waals surface area contributed by atoms with Gasteiger partial charge in [-0.15, -0.1) is 0 Å². The predicted octanol–water partition coefficient (Wildman–Crippen LogP) is 2.11. The van der Waals surface area contributed by atoms with E-state index in [2.05, 4.69) is 10.0 Å². The smallest absolute Gasteiger partial charge is 0.244 e. The van der Waals surface area contributed by atoms with Crippen molar-refractivity contribution in [1.82, 2.24) is 10.0 Å². The number of amides is 1. The number of hydrogen-bond acceptors (Lipinski definition) is 3. The maximum atomic E-state index is 13.0. The van der Waals surface area contributed by atoms with Crippen LogP contribution < -0.4 is 10.0 Å². The molecule has 0 radical (unpaired) electrons. The molecule has 0 fully saturated rings.